The predicted octanol–water partition coefficient (Wildman–Crippen LogP) is 3.79. The number of rotatable bonds is 4. The largest absolute Gasteiger partial charge is 0.356 e. The number of nitrogens with zero attached hydrogens (tertiary/aromatic N) is 4. The standard InChI is InChI=1S/C21H21FN4O2/c1-13-10-19(28-25-13)16-12-23-14(2)24-21(16)18-8-5-9-26(18)20(27)11-15-6-3-4-7-17(15)22/h3-4,6-7,10,12,18H,5,8-9,11H2,1-2H3/t18-/m1/s1. The number of hydrogen-bond acceptors (Lipinski definition) is 5. The van der Waals surface area contributed by atoms with Crippen molar-refractivity contribution in [3.05, 3.63) is 65.1 Å². The van der Waals surface area contributed by atoms with Crippen molar-refractivity contribution in [3.63, 3.8) is 0 Å². The molecule has 6 nitrogen and oxygen atoms in total. The van der Waals surface area contributed by atoms with E-state index in [0.717, 1.165) is 29.8 Å². The molecule has 3 aromatic rings. The monoisotopic (exact) mass is 380 g/mol. The number of benzene rings is 1. The molecule has 3 heterocycles. The molecule has 1 atom stereocenters. The zero-order valence-corrected chi connectivity index (χ0v) is 15.9. The summed E-state index contributed by atoms with van der Waals surface area (Å²) in [5, 5.41) is 3.95. The quantitative estimate of drug-likeness (QED) is 0.689. The van der Waals surface area contributed by atoms with Gasteiger partial charge in [-0.3, -0.25) is 4.79 Å². The molecule has 1 fully saturated rings. The summed E-state index contributed by atoms with van der Waals surface area (Å²) in [5.74, 6) is 0.746. The van der Waals surface area contributed by atoms with Crippen molar-refractivity contribution in [3.8, 4) is 11.3 Å². The zero-order chi connectivity index (χ0) is 19.7. The van der Waals surface area contributed by atoms with Gasteiger partial charge in [0.2, 0.25) is 5.91 Å². The molecule has 0 radical (unpaired) electrons. The number of likely N-dealkylation sites (tertiary alicyclic amines) is 1. The van der Waals surface area contributed by atoms with Crippen LogP contribution in [0.2, 0.25) is 0 Å². The molecule has 0 bridgehead atoms. The molecular weight excluding hydrogens is 359 g/mol. The molecule has 1 amide bonds. The Morgan fingerprint density at radius 3 is 2.89 bits per heavy atom. The molecule has 1 aromatic carbocycles. The van der Waals surface area contributed by atoms with E-state index < -0.39 is 0 Å². The minimum absolute atomic E-state index is 0.0317. The molecule has 1 aliphatic heterocycles. The SMILES string of the molecule is Cc1cc(-c2cnc(C)nc2[C@H]2CCCN2C(=O)Cc2ccccc2F)on1. The smallest absolute Gasteiger partial charge is 0.227 e. The molecule has 0 aliphatic carbocycles. The Morgan fingerprint density at radius 2 is 2.14 bits per heavy atom. The van der Waals surface area contributed by atoms with Crippen molar-refractivity contribution in [2.45, 2.75) is 39.2 Å². The number of halogens is 1. The lowest BCUT2D eigenvalue weighted by Gasteiger charge is -2.26. The van der Waals surface area contributed by atoms with Gasteiger partial charge >= 0.3 is 0 Å². The Morgan fingerprint density at radius 1 is 1.32 bits per heavy atom. The first-order chi connectivity index (χ1) is 13.5. The summed E-state index contributed by atoms with van der Waals surface area (Å²) in [6, 6.07) is 8.03. The van der Waals surface area contributed by atoms with Gasteiger partial charge in [-0.2, -0.15) is 0 Å². The molecule has 0 saturated carbocycles. The third kappa shape index (κ3) is 3.52. The van der Waals surface area contributed by atoms with Crippen LogP contribution in [-0.2, 0) is 11.2 Å². The van der Waals surface area contributed by atoms with E-state index in [1.165, 1.54) is 6.07 Å². The highest BCUT2D eigenvalue weighted by Gasteiger charge is 2.33. The van der Waals surface area contributed by atoms with E-state index in [1.54, 1.807) is 29.3 Å². The van der Waals surface area contributed by atoms with Crippen LogP contribution in [0.3, 0.4) is 0 Å². The highest BCUT2D eigenvalue weighted by molar-refractivity contribution is 5.80. The average molecular weight is 380 g/mol. The summed E-state index contributed by atoms with van der Waals surface area (Å²) >= 11 is 0. The highest BCUT2D eigenvalue weighted by Crippen LogP contribution is 2.37. The first kappa shape index (κ1) is 18.3. The molecule has 0 spiro atoms. The minimum atomic E-state index is -0.359. The highest BCUT2D eigenvalue weighted by atomic mass is 19.1. The number of aromatic nitrogens is 3. The summed E-state index contributed by atoms with van der Waals surface area (Å²) < 4.78 is 19.4. The van der Waals surface area contributed by atoms with E-state index in [0.29, 0.717) is 23.7 Å². The summed E-state index contributed by atoms with van der Waals surface area (Å²) in [6.45, 7) is 4.29. The van der Waals surface area contributed by atoms with Crippen LogP contribution in [0.5, 0.6) is 0 Å². The molecule has 2 aromatic heterocycles. The van der Waals surface area contributed by atoms with Crippen LogP contribution in [0.15, 0.2) is 41.1 Å². The number of hydrogen-bond donors (Lipinski definition) is 0. The van der Waals surface area contributed by atoms with Gasteiger partial charge in [0, 0.05) is 18.8 Å². The molecule has 4 rings (SSSR count). The summed E-state index contributed by atoms with van der Waals surface area (Å²) in [6.07, 6.45) is 3.41. The van der Waals surface area contributed by atoms with E-state index in [-0.39, 0.29) is 24.2 Å². The first-order valence-electron chi connectivity index (χ1n) is 9.33. The molecule has 7 heteroatoms. The minimum Gasteiger partial charge on any atom is -0.356 e. The molecular formula is C21H21FN4O2. The molecule has 144 valence electrons. The first-order valence-corrected chi connectivity index (χ1v) is 9.33. The normalized spacial score (nSPS) is 16.5. The summed E-state index contributed by atoms with van der Waals surface area (Å²) in [5.41, 5.74) is 2.66. The van der Waals surface area contributed by atoms with E-state index in [2.05, 4.69) is 15.1 Å². The van der Waals surface area contributed by atoms with Gasteiger partial charge < -0.3 is 9.42 Å². The van der Waals surface area contributed by atoms with E-state index in [4.69, 9.17) is 4.52 Å². The molecule has 28 heavy (non-hydrogen) atoms. The van der Waals surface area contributed by atoms with Crippen LogP contribution in [0.25, 0.3) is 11.3 Å². The number of carbonyl (C=O) groups is 1. The Bertz CT molecular complexity index is 1020. The Balaban J connectivity index is 1.66. The maximum Gasteiger partial charge on any atom is 0.227 e. The fourth-order valence-electron chi connectivity index (χ4n) is 3.68. The van der Waals surface area contributed by atoms with Crippen molar-refractivity contribution < 1.29 is 13.7 Å². The molecule has 1 aliphatic rings. The second-order valence-electron chi connectivity index (χ2n) is 7.06. The van der Waals surface area contributed by atoms with Crippen LogP contribution < -0.4 is 0 Å². The average Bonchev–Trinajstić information content (AvgIpc) is 3.32. The Kier molecular flexibility index (Phi) is 4.90. The van der Waals surface area contributed by atoms with Crippen LogP contribution >= 0.6 is 0 Å². The van der Waals surface area contributed by atoms with Crippen LogP contribution in [0.1, 0.15) is 41.7 Å². The van der Waals surface area contributed by atoms with Crippen molar-refractivity contribution in [2.75, 3.05) is 6.54 Å². The second-order valence-corrected chi connectivity index (χ2v) is 7.06. The summed E-state index contributed by atoms with van der Waals surface area (Å²) in [7, 11) is 0. The van der Waals surface area contributed by atoms with E-state index in [9.17, 15) is 9.18 Å². The lowest BCUT2D eigenvalue weighted by molar-refractivity contribution is -0.131. The topological polar surface area (TPSA) is 72.1 Å². The fourth-order valence-corrected chi connectivity index (χ4v) is 3.68. The maximum atomic E-state index is 14.0. The number of aryl methyl sites for hydroxylation is 2. The van der Waals surface area contributed by atoms with Crippen molar-refractivity contribution >= 4 is 5.91 Å². The van der Waals surface area contributed by atoms with Crippen LogP contribution in [-0.4, -0.2) is 32.5 Å². The van der Waals surface area contributed by atoms with Crippen molar-refractivity contribution in [1.82, 2.24) is 20.0 Å². The molecule has 1 saturated heterocycles. The van der Waals surface area contributed by atoms with Crippen LogP contribution in [0, 0.1) is 19.7 Å². The zero-order valence-electron chi connectivity index (χ0n) is 15.9. The van der Waals surface area contributed by atoms with Gasteiger partial charge in [-0.15, -0.1) is 0 Å². The van der Waals surface area contributed by atoms with E-state index in [1.807, 2.05) is 19.9 Å². The summed E-state index contributed by atoms with van der Waals surface area (Å²) in [4.78, 5) is 23.7. The molecule has 0 unspecified atom stereocenters. The predicted molar refractivity (Wildman–Crippen MR) is 101 cm³/mol. The van der Waals surface area contributed by atoms with Crippen molar-refractivity contribution in [1.29, 1.82) is 0 Å². The van der Waals surface area contributed by atoms with Crippen molar-refractivity contribution in [2.24, 2.45) is 0 Å². The fraction of sp³-hybridized carbons (Fsp3) is 0.333. The van der Waals surface area contributed by atoms with E-state index >= 15 is 0 Å². The number of amides is 1. The Labute approximate surface area is 162 Å². The lowest BCUT2D eigenvalue weighted by Crippen LogP contribution is -2.32. The van der Waals surface area contributed by atoms with Gasteiger partial charge in [0.05, 0.1) is 29.4 Å². The molecule has 0 N–H and O–H groups in total. The second kappa shape index (κ2) is 7.50. The van der Waals surface area contributed by atoms with Gasteiger partial charge in [-0.1, -0.05) is 23.4 Å². The van der Waals surface area contributed by atoms with Gasteiger partial charge in [-0.05, 0) is 38.3 Å². The van der Waals surface area contributed by atoms with Gasteiger partial charge in [0.1, 0.15) is 11.6 Å². The lowest BCUT2D eigenvalue weighted by atomic mass is 10.0. The maximum absolute atomic E-state index is 14.0. The van der Waals surface area contributed by atoms with Gasteiger partial charge in [-0.25, -0.2) is 14.4 Å². The third-order valence-corrected chi connectivity index (χ3v) is 5.02. The number of carbonyl (C=O) groups excluding carboxylic acids is 1. The van der Waals surface area contributed by atoms with Gasteiger partial charge in [0.15, 0.2) is 5.76 Å². The van der Waals surface area contributed by atoms with Crippen LogP contribution in [0.4, 0.5) is 4.39 Å². The van der Waals surface area contributed by atoms with Gasteiger partial charge in [0.25, 0.3) is 0 Å². The Hall–Kier alpha value is -3.09. The third-order valence-electron chi connectivity index (χ3n) is 5.02.